The summed E-state index contributed by atoms with van der Waals surface area (Å²) in [5.74, 6) is -0.225. The summed E-state index contributed by atoms with van der Waals surface area (Å²) in [4.78, 5) is 2.49. The van der Waals surface area contributed by atoms with Gasteiger partial charge in [-0.05, 0) is 31.0 Å². The van der Waals surface area contributed by atoms with E-state index in [0.29, 0.717) is 24.5 Å². The Morgan fingerprint density at radius 1 is 0.903 bits per heavy atom. The lowest BCUT2D eigenvalue weighted by molar-refractivity contribution is -0.329. The Balaban J connectivity index is 1.32. The Morgan fingerprint density at radius 2 is 1.45 bits per heavy atom. The maximum atomic E-state index is 6.38. The first-order chi connectivity index (χ1) is 15.1. The molecule has 0 N–H and O–H groups in total. The molecule has 31 heavy (non-hydrogen) atoms. The topological polar surface area (TPSA) is 40.2 Å². The molecule has 0 aromatic heterocycles. The van der Waals surface area contributed by atoms with Crippen LogP contribution in [0.4, 0.5) is 0 Å². The summed E-state index contributed by atoms with van der Waals surface area (Å²) < 4.78 is 24.6. The van der Waals surface area contributed by atoms with Gasteiger partial charge in [0.15, 0.2) is 0 Å². The molecule has 1 heterocycles. The van der Waals surface area contributed by atoms with Crippen molar-refractivity contribution in [1.29, 1.82) is 0 Å². The zero-order chi connectivity index (χ0) is 21.4. The van der Waals surface area contributed by atoms with E-state index in [2.05, 4.69) is 66.5 Å². The molecule has 4 atom stereocenters. The fourth-order valence-electron chi connectivity index (χ4n) is 5.93. The Morgan fingerprint density at radius 3 is 2.00 bits per heavy atom. The number of hydrogen-bond donors (Lipinski definition) is 0. The molecule has 3 fully saturated rings. The lowest BCUT2D eigenvalue weighted by Crippen LogP contribution is -2.48. The summed E-state index contributed by atoms with van der Waals surface area (Å²) in [7, 11) is 3.89. The number of nitrogens with zero attached hydrogens (tertiary/aromatic N) is 1. The molecular formula is C26H33NO4. The van der Waals surface area contributed by atoms with Crippen LogP contribution in [-0.4, -0.2) is 49.4 Å². The van der Waals surface area contributed by atoms with Crippen LogP contribution in [0.1, 0.15) is 30.9 Å². The Kier molecular flexibility index (Phi) is 5.88. The van der Waals surface area contributed by atoms with Gasteiger partial charge in [-0.15, -0.1) is 0 Å². The summed E-state index contributed by atoms with van der Waals surface area (Å²) in [6.45, 7) is 3.46. The first-order valence-electron chi connectivity index (χ1n) is 11.4. The minimum absolute atomic E-state index is 0.0449. The highest BCUT2D eigenvalue weighted by molar-refractivity contribution is 5.17. The molecule has 166 valence electrons. The standard InChI is InChI=1S/C26H33NO4/c1-26(28-3)30-24-21-14-20(29-17-19-12-8-5-9-13-19)15-22(25(24)31-26)23(21)27(2)16-18-10-6-4-7-11-18/h4-13,20-25H,14-17H2,1-3H3. The highest BCUT2D eigenvalue weighted by Gasteiger charge is 2.63. The molecule has 0 spiro atoms. The fourth-order valence-corrected chi connectivity index (χ4v) is 5.93. The summed E-state index contributed by atoms with van der Waals surface area (Å²) in [6, 6.07) is 21.5. The predicted octanol–water partition coefficient (Wildman–Crippen LogP) is 4.22. The number of methoxy groups -OCH3 is 1. The first kappa shape index (κ1) is 21.1. The normalized spacial score (nSPS) is 36.6. The number of hydrogen-bond acceptors (Lipinski definition) is 5. The van der Waals surface area contributed by atoms with Gasteiger partial charge in [0.25, 0.3) is 5.97 Å². The van der Waals surface area contributed by atoms with E-state index < -0.39 is 5.97 Å². The van der Waals surface area contributed by atoms with Crippen LogP contribution >= 0.6 is 0 Å². The lowest BCUT2D eigenvalue weighted by Gasteiger charge is -2.42. The third kappa shape index (κ3) is 4.18. The molecule has 2 aliphatic carbocycles. The molecule has 2 aromatic carbocycles. The van der Waals surface area contributed by atoms with Crippen molar-refractivity contribution in [2.75, 3.05) is 14.2 Å². The van der Waals surface area contributed by atoms with Crippen LogP contribution in [0.25, 0.3) is 0 Å². The van der Waals surface area contributed by atoms with Gasteiger partial charge in [-0.3, -0.25) is 4.90 Å². The van der Waals surface area contributed by atoms with Crippen LogP contribution in [0, 0.1) is 11.8 Å². The fraction of sp³-hybridized carbons (Fsp3) is 0.538. The molecule has 2 bridgehead atoms. The molecule has 2 saturated carbocycles. The van der Waals surface area contributed by atoms with Crippen molar-refractivity contribution < 1.29 is 18.9 Å². The third-order valence-electron chi connectivity index (χ3n) is 7.30. The molecule has 1 aliphatic heterocycles. The quantitative estimate of drug-likeness (QED) is 0.667. The highest BCUT2D eigenvalue weighted by atomic mass is 16.9. The van der Waals surface area contributed by atoms with E-state index in [-0.39, 0.29) is 18.3 Å². The van der Waals surface area contributed by atoms with Crippen molar-refractivity contribution in [2.45, 2.75) is 63.2 Å². The zero-order valence-corrected chi connectivity index (χ0v) is 18.6. The maximum absolute atomic E-state index is 6.38. The Bertz CT molecular complexity index is 838. The maximum Gasteiger partial charge on any atom is 0.280 e. The van der Waals surface area contributed by atoms with E-state index in [9.17, 15) is 0 Å². The Hall–Kier alpha value is -1.76. The average molecular weight is 424 g/mol. The van der Waals surface area contributed by atoms with Crippen molar-refractivity contribution in [3.05, 3.63) is 71.8 Å². The van der Waals surface area contributed by atoms with E-state index in [4.69, 9.17) is 18.9 Å². The Labute approximate surface area is 185 Å². The minimum Gasteiger partial charge on any atom is -0.374 e. The van der Waals surface area contributed by atoms with Crippen LogP contribution in [-0.2, 0) is 32.1 Å². The number of rotatable bonds is 7. The SMILES string of the molecule is COC1(C)OC2C3CC(OCc4ccccc4)CC(C2O1)C3N(C)Cc1ccccc1. The van der Waals surface area contributed by atoms with Crippen LogP contribution in [0.3, 0.4) is 0 Å². The summed E-state index contributed by atoms with van der Waals surface area (Å²) in [5.41, 5.74) is 2.55. The van der Waals surface area contributed by atoms with Crippen molar-refractivity contribution in [3.8, 4) is 0 Å². The molecule has 5 heteroatoms. The van der Waals surface area contributed by atoms with Crippen LogP contribution in [0.5, 0.6) is 0 Å². The largest absolute Gasteiger partial charge is 0.374 e. The molecule has 2 aromatic rings. The zero-order valence-electron chi connectivity index (χ0n) is 18.6. The van der Waals surface area contributed by atoms with Crippen molar-refractivity contribution in [1.82, 2.24) is 4.90 Å². The number of fused-ring (bicyclic) bond motifs is 5. The van der Waals surface area contributed by atoms with Gasteiger partial charge in [0.2, 0.25) is 0 Å². The van der Waals surface area contributed by atoms with Crippen LogP contribution in [0.2, 0.25) is 0 Å². The molecule has 1 saturated heterocycles. The van der Waals surface area contributed by atoms with Gasteiger partial charge in [-0.2, -0.15) is 0 Å². The second kappa shape index (κ2) is 8.64. The van der Waals surface area contributed by atoms with Crippen molar-refractivity contribution in [2.24, 2.45) is 11.8 Å². The van der Waals surface area contributed by atoms with Gasteiger partial charge in [-0.25, -0.2) is 0 Å². The van der Waals surface area contributed by atoms with Crippen molar-refractivity contribution >= 4 is 0 Å². The highest BCUT2D eigenvalue weighted by Crippen LogP contribution is 2.53. The average Bonchev–Trinajstić information content (AvgIpc) is 3.24. The molecule has 3 aliphatic rings. The molecule has 4 unspecified atom stereocenters. The van der Waals surface area contributed by atoms with Gasteiger partial charge in [0.05, 0.1) is 24.9 Å². The van der Waals surface area contributed by atoms with Crippen molar-refractivity contribution in [3.63, 3.8) is 0 Å². The third-order valence-corrected chi connectivity index (χ3v) is 7.30. The van der Waals surface area contributed by atoms with Gasteiger partial charge in [0.1, 0.15) is 0 Å². The number of benzene rings is 2. The summed E-state index contributed by atoms with van der Waals surface area (Å²) >= 11 is 0. The smallest absolute Gasteiger partial charge is 0.280 e. The van der Waals surface area contributed by atoms with Gasteiger partial charge >= 0.3 is 0 Å². The lowest BCUT2D eigenvalue weighted by atomic mass is 9.80. The van der Waals surface area contributed by atoms with Gasteiger partial charge in [0, 0.05) is 38.5 Å². The predicted molar refractivity (Wildman–Crippen MR) is 118 cm³/mol. The monoisotopic (exact) mass is 423 g/mol. The molecule has 5 rings (SSSR count). The van der Waals surface area contributed by atoms with Crippen LogP contribution in [0.15, 0.2) is 60.7 Å². The van der Waals surface area contributed by atoms with Crippen LogP contribution < -0.4 is 0 Å². The molecular weight excluding hydrogens is 390 g/mol. The van der Waals surface area contributed by atoms with E-state index in [0.717, 1.165) is 19.4 Å². The molecule has 0 radical (unpaired) electrons. The number of ether oxygens (including phenoxy) is 4. The summed E-state index contributed by atoms with van der Waals surface area (Å²) in [6.07, 6.45) is 2.28. The van der Waals surface area contributed by atoms with E-state index >= 15 is 0 Å². The van der Waals surface area contributed by atoms with E-state index in [1.807, 2.05) is 13.0 Å². The molecule has 5 nitrogen and oxygen atoms in total. The van der Waals surface area contributed by atoms with Gasteiger partial charge in [-0.1, -0.05) is 60.7 Å². The second-order valence-corrected chi connectivity index (χ2v) is 9.34. The van der Waals surface area contributed by atoms with E-state index in [1.54, 1.807) is 7.11 Å². The summed E-state index contributed by atoms with van der Waals surface area (Å²) in [5, 5.41) is 0. The second-order valence-electron chi connectivity index (χ2n) is 9.34. The minimum atomic E-state index is -0.938. The molecule has 0 amide bonds. The van der Waals surface area contributed by atoms with Gasteiger partial charge < -0.3 is 18.9 Å². The van der Waals surface area contributed by atoms with E-state index in [1.165, 1.54) is 11.1 Å². The first-order valence-corrected chi connectivity index (χ1v) is 11.4.